The molecule has 3 rings (SSSR count). The minimum absolute atomic E-state index is 0.117. The monoisotopic (exact) mass is 374 g/mol. The van der Waals surface area contributed by atoms with Gasteiger partial charge in [-0.2, -0.15) is 8.78 Å². The number of nitrogens with zero attached hydrogens (tertiary/aromatic N) is 1. The first kappa shape index (κ1) is 18.0. The molecule has 0 aliphatic rings. The van der Waals surface area contributed by atoms with Crippen molar-refractivity contribution >= 4 is 33.5 Å². The fourth-order valence-corrected chi connectivity index (χ4v) is 3.21. The molecule has 0 spiro atoms. The molecule has 3 aromatic rings. The number of carbonyl (C=O) groups excluding carboxylic acids is 1. The number of rotatable bonds is 7. The maximum atomic E-state index is 12.1. The first-order chi connectivity index (χ1) is 12.6. The molecule has 0 saturated carbocycles. The summed E-state index contributed by atoms with van der Waals surface area (Å²) < 4.78 is 29.5. The zero-order chi connectivity index (χ0) is 18.4. The highest BCUT2D eigenvalue weighted by Crippen LogP contribution is 2.22. The first-order valence-electron chi connectivity index (χ1n) is 7.95. The van der Waals surface area contributed by atoms with Gasteiger partial charge < -0.3 is 10.1 Å². The van der Waals surface area contributed by atoms with Gasteiger partial charge in [0, 0.05) is 12.6 Å². The summed E-state index contributed by atoms with van der Waals surface area (Å²) in [7, 11) is 0. The lowest BCUT2D eigenvalue weighted by Crippen LogP contribution is -2.23. The van der Waals surface area contributed by atoms with Crippen LogP contribution in [0, 0.1) is 0 Å². The van der Waals surface area contributed by atoms with Crippen LogP contribution in [0.25, 0.3) is 16.3 Å². The molecule has 1 aromatic heterocycles. The molecule has 1 amide bonds. The highest BCUT2D eigenvalue weighted by molar-refractivity contribution is 7.19. The smallest absolute Gasteiger partial charge is 0.387 e. The van der Waals surface area contributed by atoms with Crippen LogP contribution >= 0.6 is 11.3 Å². The Balaban J connectivity index is 1.46. The van der Waals surface area contributed by atoms with Gasteiger partial charge in [-0.15, -0.1) is 11.3 Å². The van der Waals surface area contributed by atoms with Crippen molar-refractivity contribution in [3.63, 3.8) is 0 Å². The molecule has 1 N–H and O–H groups in total. The number of alkyl halides is 2. The molecule has 0 atom stereocenters. The van der Waals surface area contributed by atoms with Crippen LogP contribution in [0.3, 0.4) is 0 Å². The van der Waals surface area contributed by atoms with E-state index in [9.17, 15) is 13.6 Å². The summed E-state index contributed by atoms with van der Waals surface area (Å²) in [4.78, 5) is 16.3. The van der Waals surface area contributed by atoms with E-state index in [1.807, 2.05) is 24.3 Å². The minimum Gasteiger partial charge on any atom is -0.435 e. The summed E-state index contributed by atoms with van der Waals surface area (Å²) in [6, 6.07) is 14.2. The first-order valence-corrected chi connectivity index (χ1v) is 8.77. The van der Waals surface area contributed by atoms with Gasteiger partial charge in [-0.25, -0.2) is 4.98 Å². The summed E-state index contributed by atoms with van der Waals surface area (Å²) in [5.74, 6) is -0.0894. The number of fused-ring (bicyclic) bond motifs is 1. The lowest BCUT2D eigenvalue weighted by molar-refractivity contribution is -0.116. The zero-order valence-corrected chi connectivity index (χ0v) is 14.5. The molecule has 26 heavy (non-hydrogen) atoms. The topological polar surface area (TPSA) is 51.2 Å². The maximum Gasteiger partial charge on any atom is 0.387 e. The van der Waals surface area contributed by atoms with Crippen molar-refractivity contribution in [2.24, 2.45) is 0 Å². The van der Waals surface area contributed by atoms with E-state index < -0.39 is 6.61 Å². The number of hydrogen-bond acceptors (Lipinski definition) is 4. The molecule has 134 valence electrons. The van der Waals surface area contributed by atoms with Crippen LogP contribution in [0.4, 0.5) is 8.78 Å². The van der Waals surface area contributed by atoms with E-state index >= 15 is 0 Å². The molecule has 0 radical (unpaired) electrons. The van der Waals surface area contributed by atoms with Crippen molar-refractivity contribution in [3.8, 4) is 5.75 Å². The Labute approximate surface area is 153 Å². The molecule has 4 nitrogen and oxygen atoms in total. The Bertz CT molecular complexity index is 874. The van der Waals surface area contributed by atoms with Crippen LogP contribution < -0.4 is 10.1 Å². The van der Waals surface area contributed by atoms with E-state index in [2.05, 4.69) is 15.0 Å². The normalized spacial score (nSPS) is 11.3. The number of hydrogen-bond donors (Lipinski definition) is 1. The number of para-hydroxylation sites is 1. The van der Waals surface area contributed by atoms with Crippen LogP contribution in [0.1, 0.15) is 10.6 Å². The van der Waals surface area contributed by atoms with Gasteiger partial charge in [0.2, 0.25) is 5.91 Å². The van der Waals surface area contributed by atoms with Crippen LogP contribution in [0.2, 0.25) is 0 Å². The number of amides is 1. The number of halogens is 2. The van der Waals surface area contributed by atoms with Crippen molar-refractivity contribution in [2.45, 2.75) is 13.0 Å². The summed E-state index contributed by atoms with van der Waals surface area (Å²) in [6.07, 6.45) is 3.74. The standard InChI is InChI=1S/C19H16F2N2O2S/c20-19(21)25-14-7-5-13(6-8-14)11-12-22-17(24)9-10-18-23-15-3-1-2-4-16(15)26-18/h1-10,19H,11-12H2,(H,22,24). The number of nitrogens with one attached hydrogen (secondary N) is 1. The highest BCUT2D eigenvalue weighted by atomic mass is 32.1. The quantitative estimate of drug-likeness (QED) is 0.629. The average Bonchev–Trinajstić information content (AvgIpc) is 3.04. The number of ether oxygens (including phenoxy) is 1. The number of thiazole rings is 1. The summed E-state index contributed by atoms with van der Waals surface area (Å²) >= 11 is 1.52. The van der Waals surface area contributed by atoms with Gasteiger partial charge in [0.25, 0.3) is 0 Å². The van der Waals surface area contributed by atoms with E-state index in [4.69, 9.17) is 0 Å². The Morgan fingerprint density at radius 1 is 1.19 bits per heavy atom. The van der Waals surface area contributed by atoms with Crippen molar-refractivity contribution in [2.75, 3.05) is 6.54 Å². The van der Waals surface area contributed by atoms with Crippen LogP contribution in [-0.4, -0.2) is 24.0 Å². The van der Waals surface area contributed by atoms with Gasteiger partial charge in [-0.05, 0) is 42.3 Å². The Morgan fingerprint density at radius 2 is 1.96 bits per heavy atom. The molecule has 2 aromatic carbocycles. The van der Waals surface area contributed by atoms with Crippen LogP contribution in [-0.2, 0) is 11.2 Å². The fraction of sp³-hybridized carbons (Fsp3) is 0.158. The van der Waals surface area contributed by atoms with E-state index in [-0.39, 0.29) is 11.7 Å². The van der Waals surface area contributed by atoms with Gasteiger partial charge >= 0.3 is 6.61 Å². The molecule has 1 heterocycles. The third-order valence-electron chi connectivity index (χ3n) is 3.55. The van der Waals surface area contributed by atoms with E-state index in [0.717, 1.165) is 20.8 Å². The largest absolute Gasteiger partial charge is 0.435 e. The lowest BCUT2D eigenvalue weighted by Gasteiger charge is -2.06. The number of carbonyl (C=O) groups is 1. The lowest BCUT2D eigenvalue weighted by atomic mass is 10.1. The van der Waals surface area contributed by atoms with E-state index in [1.165, 1.54) is 29.5 Å². The summed E-state index contributed by atoms with van der Waals surface area (Å²) in [5, 5.41) is 3.56. The van der Waals surface area contributed by atoms with Gasteiger partial charge in [-0.3, -0.25) is 4.79 Å². The molecular weight excluding hydrogens is 358 g/mol. The van der Waals surface area contributed by atoms with E-state index in [0.29, 0.717) is 13.0 Å². The van der Waals surface area contributed by atoms with Gasteiger partial charge in [0.05, 0.1) is 10.2 Å². The average molecular weight is 374 g/mol. The molecule has 0 fully saturated rings. The third kappa shape index (κ3) is 5.10. The maximum absolute atomic E-state index is 12.1. The fourth-order valence-electron chi connectivity index (χ4n) is 2.33. The van der Waals surface area contributed by atoms with E-state index in [1.54, 1.807) is 18.2 Å². The Morgan fingerprint density at radius 3 is 2.69 bits per heavy atom. The molecule has 0 saturated heterocycles. The van der Waals surface area contributed by atoms with Crippen molar-refractivity contribution in [3.05, 3.63) is 65.2 Å². The van der Waals surface area contributed by atoms with Gasteiger partial charge in [0.1, 0.15) is 10.8 Å². The molecule has 0 aliphatic heterocycles. The molecular formula is C19H16F2N2O2S. The second-order valence-corrected chi connectivity index (χ2v) is 6.48. The molecule has 0 aliphatic carbocycles. The third-order valence-corrected chi connectivity index (χ3v) is 4.55. The molecule has 0 bridgehead atoms. The van der Waals surface area contributed by atoms with Gasteiger partial charge in [0.15, 0.2) is 0 Å². The zero-order valence-electron chi connectivity index (χ0n) is 13.7. The second-order valence-electron chi connectivity index (χ2n) is 5.42. The Hall–Kier alpha value is -2.80. The van der Waals surface area contributed by atoms with Gasteiger partial charge in [-0.1, -0.05) is 24.3 Å². The number of benzene rings is 2. The van der Waals surface area contributed by atoms with Crippen molar-refractivity contribution in [1.29, 1.82) is 0 Å². The summed E-state index contributed by atoms with van der Waals surface area (Å²) in [6.45, 7) is -2.39. The predicted octanol–water partition coefficient (Wildman–Crippen LogP) is 4.27. The summed E-state index contributed by atoms with van der Waals surface area (Å²) in [5.41, 5.74) is 1.83. The predicted molar refractivity (Wildman–Crippen MR) is 98.4 cm³/mol. The van der Waals surface area contributed by atoms with Crippen molar-refractivity contribution < 1.29 is 18.3 Å². The molecule has 7 heteroatoms. The van der Waals surface area contributed by atoms with Crippen LogP contribution in [0.15, 0.2) is 54.6 Å². The highest BCUT2D eigenvalue weighted by Gasteiger charge is 2.04. The Kier molecular flexibility index (Phi) is 5.91. The van der Waals surface area contributed by atoms with Crippen LogP contribution in [0.5, 0.6) is 5.75 Å². The molecule has 0 unspecified atom stereocenters. The second kappa shape index (κ2) is 8.53. The number of aromatic nitrogens is 1. The minimum atomic E-state index is -2.83. The van der Waals surface area contributed by atoms with Crippen molar-refractivity contribution in [1.82, 2.24) is 10.3 Å². The SMILES string of the molecule is O=C(C=Cc1nc2ccccc2s1)NCCc1ccc(OC(F)F)cc1.